The Bertz CT molecular complexity index is 583. The highest BCUT2D eigenvalue weighted by Gasteiger charge is 2.18. The molecule has 0 amide bonds. The van der Waals surface area contributed by atoms with Crippen molar-refractivity contribution in [1.29, 1.82) is 0 Å². The van der Waals surface area contributed by atoms with E-state index in [-0.39, 0.29) is 6.04 Å². The molecule has 0 saturated heterocycles. The fraction of sp³-hybridized carbons (Fsp3) is 0.235. The Kier molecular flexibility index (Phi) is 5.91. The number of thiocarbonyl (C=S) groups is 1. The van der Waals surface area contributed by atoms with Crippen molar-refractivity contribution in [3.63, 3.8) is 0 Å². The normalized spacial score (nSPS) is 12.3. The maximum absolute atomic E-state index is 5.78. The lowest BCUT2D eigenvalue weighted by Gasteiger charge is -2.28. The summed E-state index contributed by atoms with van der Waals surface area (Å²) in [6.07, 6.45) is 0.687. The standard InChI is InChI=1S/C17H19BrN2S/c1-20(12-13-7-9-15(18)10-8-13)16(11-17(19)21)14-5-3-2-4-6-14/h2-10,16H,11-12H2,1H3,(H2,19,21). The Morgan fingerprint density at radius 2 is 1.76 bits per heavy atom. The molecule has 2 aromatic carbocycles. The van der Waals surface area contributed by atoms with Gasteiger partial charge in [0.15, 0.2) is 0 Å². The summed E-state index contributed by atoms with van der Waals surface area (Å²) in [5, 5.41) is 0. The molecular weight excluding hydrogens is 344 g/mol. The number of halogens is 1. The molecule has 2 rings (SSSR count). The minimum atomic E-state index is 0.201. The lowest BCUT2D eigenvalue weighted by atomic mass is 10.0. The zero-order chi connectivity index (χ0) is 15.2. The summed E-state index contributed by atoms with van der Waals surface area (Å²) in [4.78, 5) is 2.84. The SMILES string of the molecule is CN(Cc1ccc(Br)cc1)C(CC(N)=S)c1ccccc1. The molecule has 1 unspecified atom stereocenters. The minimum Gasteiger partial charge on any atom is -0.393 e. The van der Waals surface area contributed by atoms with Crippen molar-refractivity contribution in [2.75, 3.05) is 7.05 Å². The molecular formula is C17H19BrN2S. The summed E-state index contributed by atoms with van der Waals surface area (Å²) >= 11 is 8.58. The van der Waals surface area contributed by atoms with Crippen LogP contribution in [0.5, 0.6) is 0 Å². The van der Waals surface area contributed by atoms with E-state index >= 15 is 0 Å². The minimum absolute atomic E-state index is 0.201. The van der Waals surface area contributed by atoms with Crippen LogP contribution in [0.2, 0.25) is 0 Å². The van der Waals surface area contributed by atoms with Crippen LogP contribution in [0.3, 0.4) is 0 Å². The molecule has 0 heterocycles. The van der Waals surface area contributed by atoms with Crippen molar-refractivity contribution in [3.8, 4) is 0 Å². The summed E-state index contributed by atoms with van der Waals surface area (Å²) in [7, 11) is 2.11. The van der Waals surface area contributed by atoms with Crippen LogP contribution in [0, 0.1) is 0 Å². The van der Waals surface area contributed by atoms with E-state index in [4.69, 9.17) is 18.0 Å². The Hall–Kier alpha value is -1.23. The fourth-order valence-corrected chi connectivity index (χ4v) is 2.80. The molecule has 0 aliphatic carbocycles. The van der Waals surface area contributed by atoms with Gasteiger partial charge in [-0.05, 0) is 30.3 Å². The molecule has 0 aromatic heterocycles. The van der Waals surface area contributed by atoms with E-state index in [0.717, 1.165) is 11.0 Å². The van der Waals surface area contributed by atoms with Gasteiger partial charge < -0.3 is 5.73 Å². The van der Waals surface area contributed by atoms with Crippen molar-refractivity contribution in [1.82, 2.24) is 4.90 Å². The third-order valence-electron chi connectivity index (χ3n) is 3.46. The van der Waals surface area contributed by atoms with Crippen molar-refractivity contribution in [3.05, 3.63) is 70.2 Å². The molecule has 2 nitrogen and oxygen atoms in total. The van der Waals surface area contributed by atoms with Crippen LogP contribution in [0.4, 0.5) is 0 Å². The molecule has 0 bridgehead atoms. The molecule has 2 aromatic rings. The second-order valence-electron chi connectivity index (χ2n) is 5.14. The fourth-order valence-electron chi connectivity index (χ4n) is 2.38. The number of benzene rings is 2. The molecule has 21 heavy (non-hydrogen) atoms. The first-order valence-electron chi connectivity index (χ1n) is 6.84. The zero-order valence-electron chi connectivity index (χ0n) is 12.0. The Balaban J connectivity index is 2.16. The van der Waals surface area contributed by atoms with Gasteiger partial charge in [-0.1, -0.05) is 70.6 Å². The smallest absolute Gasteiger partial charge is 0.0746 e. The van der Waals surface area contributed by atoms with E-state index < -0.39 is 0 Å². The van der Waals surface area contributed by atoms with Crippen molar-refractivity contribution in [2.24, 2.45) is 5.73 Å². The van der Waals surface area contributed by atoms with E-state index in [1.807, 2.05) is 6.07 Å². The Morgan fingerprint density at radius 3 is 2.33 bits per heavy atom. The van der Waals surface area contributed by atoms with Gasteiger partial charge in [0.25, 0.3) is 0 Å². The van der Waals surface area contributed by atoms with Gasteiger partial charge >= 0.3 is 0 Å². The average Bonchev–Trinajstić information content (AvgIpc) is 2.48. The van der Waals surface area contributed by atoms with Crippen LogP contribution in [0.1, 0.15) is 23.6 Å². The predicted molar refractivity (Wildman–Crippen MR) is 96.2 cm³/mol. The molecule has 0 saturated carbocycles. The Labute approximate surface area is 140 Å². The molecule has 0 radical (unpaired) electrons. The van der Waals surface area contributed by atoms with Crippen LogP contribution in [-0.4, -0.2) is 16.9 Å². The van der Waals surface area contributed by atoms with E-state index in [1.54, 1.807) is 0 Å². The monoisotopic (exact) mass is 362 g/mol. The van der Waals surface area contributed by atoms with Gasteiger partial charge in [-0.25, -0.2) is 0 Å². The predicted octanol–water partition coefficient (Wildman–Crippen LogP) is 4.30. The van der Waals surface area contributed by atoms with Gasteiger partial charge in [0.2, 0.25) is 0 Å². The first-order chi connectivity index (χ1) is 10.1. The highest BCUT2D eigenvalue weighted by Crippen LogP contribution is 2.25. The summed E-state index contributed by atoms with van der Waals surface area (Å²) < 4.78 is 1.09. The first-order valence-corrected chi connectivity index (χ1v) is 8.04. The first kappa shape index (κ1) is 16.1. The van der Waals surface area contributed by atoms with Gasteiger partial charge in [0.05, 0.1) is 4.99 Å². The molecule has 0 spiro atoms. The molecule has 2 N–H and O–H groups in total. The van der Waals surface area contributed by atoms with Crippen LogP contribution >= 0.6 is 28.1 Å². The van der Waals surface area contributed by atoms with E-state index in [2.05, 4.69) is 76.4 Å². The molecule has 0 fully saturated rings. The van der Waals surface area contributed by atoms with Crippen molar-refractivity contribution >= 4 is 33.1 Å². The van der Waals surface area contributed by atoms with Crippen LogP contribution < -0.4 is 5.73 Å². The van der Waals surface area contributed by atoms with E-state index in [0.29, 0.717) is 11.4 Å². The van der Waals surface area contributed by atoms with Crippen LogP contribution in [0.25, 0.3) is 0 Å². The summed E-state index contributed by atoms with van der Waals surface area (Å²) in [5.74, 6) is 0. The van der Waals surface area contributed by atoms with E-state index in [9.17, 15) is 0 Å². The number of hydrogen-bond acceptors (Lipinski definition) is 2. The van der Waals surface area contributed by atoms with Gasteiger partial charge in [-0.2, -0.15) is 0 Å². The van der Waals surface area contributed by atoms with Crippen LogP contribution in [-0.2, 0) is 6.54 Å². The number of hydrogen-bond donors (Lipinski definition) is 1. The van der Waals surface area contributed by atoms with Gasteiger partial charge in [-0.3, -0.25) is 4.90 Å². The van der Waals surface area contributed by atoms with Crippen LogP contribution in [0.15, 0.2) is 59.1 Å². The molecule has 0 aliphatic rings. The quantitative estimate of drug-likeness (QED) is 0.776. The second-order valence-corrected chi connectivity index (χ2v) is 6.58. The maximum atomic E-state index is 5.78. The highest BCUT2D eigenvalue weighted by molar-refractivity contribution is 9.10. The third kappa shape index (κ3) is 4.92. The van der Waals surface area contributed by atoms with Gasteiger partial charge in [-0.15, -0.1) is 0 Å². The van der Waals surface area contributed by atoms with Crippen molar-refractivity contribution < 1.29 is 0 Å². The molecule has 4 heteroatoms. The summed E-state index contributed by atoms with van der Waals surface area (Å²) in [6.45, 7) is 0.857. The highest BCUT2D eigenvalue weighted by atomic mass is 79.9. The number of nitrogens with two attached hydrogens (primary N) is 1. The summed E-state index contributed by atoms with van der Waals surface area (Å²) in [6, 6.07) is 19.0. The summed E-state index contributed by atoms with van der Waals surface area (Å²) in [5.41, 5.74) is 8.29. The number of nitrogens with zero attached hydrogens (tertiary/aromatic N) is 1. The molecule has 110 valence electrons. The Morgan fingerprint density at radius 1 is 1.14 bits per heavy atom. The topological polar surface area (TPSA) is 29.3 Å². The second kappa shape index (κ2) is 7.69. The molecule has 0 aliphatic heterocycles. The van der Waals surface area contributed by atoms with E-state index in [1.165, 1.54) is 11.1 Å². The average molecular weight is 363 g/mol. The zero-order valence-corrected chi connectivity index (χ0v) is 14.4. The lowest BCUT2D eigenvalue weighted by Crippen LogP contribution is -2.28. The lowest BCUT2D eigenvalue weighted by molar-refractivity contribution is 0.242. The van der Waals surface area contributed by atoms with Gasteiger partial charge in [0, 0.05) is 23.5 Å². The van der Waals surface area contributed by atoms with Gasteiger partial charge in [0.1, 0.15) is 0 Å². The maximum Gasteiger partial charge on any atom is 0.0746 e. The van der Waals surface area contributed by atoms with Crippen molar-refractivity contribution in [2.45, 2.75) is 19.0 Å². The third-order valence-corrected chi connectivity index (χ3v) is 4.15. The largest absolute Gasteiger partial charge is 0.393 e. The number of rotatable bonds is 6. The molecule has 1 atom stereocenters.